The molecule has 0 spiro atoms. The van der Waals surface area contributed by atoms with E-state index in [0.29, 0.717) is 11.8 Å². The Morgan fingerprint density at radius 2 is 1.76 bits per heavy atom. The molecule has 1 aromatic carbocycles. The first-order valence-electron chi connectivity index (χ1n) is 8.92. The number of carbonyl (C=O) groups excluding carboxylic acids is 2. The number of hydrogen-bond acceptors (Lipinski definition) is 4. The van der Waals surface area contributed by atoms with Crippen molar-refractivity contribution in [2.45, 2.75) is 39.3 Å². The molecule has 1 fully saturated rings. The minimum absolute atomic E-state index is 0.0199. The molecular formula is C19H29N3O2S. The minimum atomic E-state index is -0.0491. The molecule has 1 aliphatic heterocycles. The molecule has 5 nitrogen and oxygen atoms in total. The highest BCUT2D eigenvalue weighted by Crippen LogP contribution is 2.12. The predicted octanol–water partition coefficient (Wildman–Crippen LogP) is 2.61. The fourth-order valence-corrected chi connectivity index (χ4v) is 3.61. The van der Waals surface area contributed by atoms with Gasteiger partial charge in [-0.3, -0.25) is 9.69 Å². The molecule has 1 atom stereocenters. The molecule has 0 saturated carbocycles. The van der Waals surface area contributed by atoms with E-state index < -0.39 is 0 Å². The fourth-order valence-electron chi connectivity index (χ4n) is 2.98. The van der Waals surface area contributed by atoms with Gasteiger partial charge >= 0.3 is 6.03 Å². The number of urea groups is 1. The zero-order valence-corrected chi connectivity index (χ0v) is 16.2. The molecule has 1 unspecified atom stereocenters. The lowest BCUT2D eigenvalue weighted by molar-refractivity contribution is -0.109. The van der Waals surface area contributed by atoms with Crippen molar-refractivity contribution in [3.63, 3.8) is 0 Å². The summed E-state index contributed by atoms with van der Waals surface area (Å²) in [6.07, 6.45) is 0.735. The van der Waals surface area contributed by atoms with Crippen LogP contribution < -0.4 is 5.32 Å². The van der Waals surface area contributed by atoms with Crippen LogP contribution in [0.25, 0.3) is 0 Å². The molecule has 1 heterocycles. The molecule has 1 saturated heterocycles. The van der Waals surface area contributed by atoms with Crippen LogP contribution in [-0.4, -0.2) is 65.0 Å². The maximum absolute atomic E-state index is 12.6. The van der Waals surface area contributed by atoms with E-state index in [1.807, 2.05) is 23.1 Å². The average molecular weight is 364 g/mol. The van der Waals surface area contributed by atoms with Gasteiger partial charge in [0, 0.05) is 50.9 Å². The van der Waals surface area contributed by atoms with Crippen LogP contribution in [0.5, 0.6) is 0 Å². The van der Waals surface area contributed by atoms with Gasteiger partial charge in [0.05, 0.1) is 0 Å². The van der Waals surface area contributed by atoms with Crippen molar-refractivity contribution < 1.29 is 9.59 Å². The van der Waals surface area contributed by atoms with E-state index in [1.54, 1.807) is 6.92 Å². The van der Waals surface area contributed by atoms with Crippen molar-refractivity contribution in [2.75, 3.05) is 31.9 Å². The van der Waals surface area contributed by atoms with Crippen LogP contribution in [0.2, 0.25) is 0 Å². The standard InChI is InChI=1S/C19H29N3O2S/c1-15(2)21-9-11-22(12-10-21)19(24)20-18(14-25-16(3)23)13-17-7-5-4-6-8-17/h4-8,15,18H,9-14H2,1-3H3,(H,20,24). The topological polar surface area (TPSA) is 52.7 Å². The zero-order chi connectivity index (χ0) is 18.2. The lowest BCUT2D eigenvalue weighted by atomic mass is 10.1. The van der Waals surface area contributed by atoms with E-state index in [0.717, 1.165) is 32.6 Å². The summed E-state index contributed by atoms with van der Waals surface area (Å²) in [5, 5.41) is 3.21. The van der Waals surface area contributed by atoms with Gasteiger partial charge in [0.1, 0.15) is 0 Å². The monoisotopic (exact) mass is 363 g/mol. The van der Waals surface area contributed by atoms with Crippen molar-refractivity contribution in [2.24, 2.45) is 0 Å². The van der Waals surface area contributed by atoms with Gasteiger partial charge in [0.15, 0.2) is 5.12 Å². The van der Waals surface area contributed by atoms with Gasteiger partial charge in [-0.1, -0.05) is 42.1 Å². The van der Waals surface area contributed by atoms with Crippen molar-refractivity contribution in [3.05, 3.63) is 35.9 Å². The SMILES string of the molecule is CC(=O)SCC(Cc1ccccc1)NC(=O)N1CCN(C(C)C)CC1. The van der Waals surface area contributed by atoms with Gasteiger partial charge in [-0.15, -0.1) is 0 Å². The Labute approximate surface area is 155 Å². The Morgan fingerprint density at radius 3 is 2.32 bits per heavy atom. The van der Waals surface area contributed by atoms with Crippen molar-refractivity contribution >= 4 is 22.9 Å². The number of nitrogens with zero attached hydrogens (tertiary/aromatic N) is 2. The third-order valence-corrected chi connectivity index (χ3v) is 5.45. The number of amides is 2. The van der Waals surface area contributed by atoms with Crippen molar-refractivity contribution in [1.82, 2.24) is 15.1 Å². The highest BCUT2D eigenvalue weighted by atomic mass is 32.2. The smallest absolute Gasteiger partial charge is 0.317 e. The van der Waals surface area contributed by atoms with Crippen LogP contribution in [0.3, 0.4) is 0 Å². The summed E-state index contributed by atoms with van der Waals surface area (Å²) in [4.78, 5) is 28.2. The Balaban J connectivity index is 1.91. The zero-order valence-electron chi connectivity index (χ0n) is 15.4. The molecule has 25 heavy (non-hydrogen) atoms. The lowest BCUT2D eigenvalue weighted by Gasteiger charge is -2.37. The number of carbonyl (C=O) groups is 2. The molecule has 1 aliphatic rings. The molecule has 0 bridgehead atoms. The van der Waals surface area contributed by atoms with E-state index in [2.05, 4.69) is 36.2 Å². The van der Waals surface area contributed by atoms with Crippen LogP contribution in [0.15, 0.2) is 30.3 Å². The van der Waals surface area contributed by atoms with Gasteiger partial charge in [-0.25, -0.2) is 4.79 Å². The summed E-state index contributed by atoms with van der Waals surface area (Å²) in [6, 6.07) is 10.5. The minimum Gasteiger partial charge on any atom is -0.334 e. The van der Waals surface area contributed by atoms with E-state index in [1.165, 1.54) is 17.3 Å². The van der Waals surface area contributed by atoms with Gasteiger partial charge in [0.2, 0.25) is 0 Å². The number of benzene rings is 1. The van der Waals surface area contributed by atoms with E-state index in [4.69, 9.17) is 0 Å². The number of nitrogens with one attached hydrogen (secondary N) is 1. The maximum Gasteiger partial charge on any atom is 0.317 e. The number of hydrogen-bond donors (Lipinski definition) is 1. The summed E-state index contributed by atoms with van der Waals surface area (Å²) in [5.41, 5.74) is 1.17. The maximum atomic E-state index is 12.6. The quantitative estimate of drug-likeness (QED) is 0.844. The molecule has 2 amide bonds. The summed E-state index contributed by atoms with van der Waals surface area (Å²) in [6.45, 7) is 9.27. The second-order valence-electron chi connectivity index (χ2n) is 6.76. The second kappa shape index (κ2) is 9.82. The fraction of sp³-hybridized carbons (Fsp3) is 0.579. The van der Waals surface area contributed by atoms with Crippen molar-refractivity contribution in [1.29, 1.82) is 0 Å². The van der Waals surface area contributed by atoms with Gasteiger partial charge in [-0.2, -0.15) is 0 Å². The highest BCUT2D eigenvalue weighted by molar-refractivity contribution is 8.13. The molecular weight excluding hydrogens is 334 g/mol. The van der Waals surface area contributed by atoms with E-state index in [-0.39, 0.29) is 17.2 Å². The van der Waals surface area contributed by atoms with Crippen LogP contribution in [0, 0.1) is 0 Å². The van der Waals surface area contributed by atoms with Crippen LogP contribution in [-0.2, 0) is 11.2 Å². The molecule has 0 aliphatic carbocycles. The third kappa shape index (κ3) is 6.71. The second-order valence-corrected chi connectivity index (χ2v) is 7.95. The molecule has 1 N–H and O–H groups in total. The molecule has 0 aromatic heterocycles. The largest absolute Gasteiger partial charge is 0.334 e. The summed E-state index contributed by atoms with van der Waals surface area (Å²) < 4.78 is 0. The van der Waals surface area contributed by atoms with Crippen LogP contribution in [0.4, 0.5) is 4.79 Å². The highest BCUT2D eigenvalue weighted by Gasteiger charge is 2.24. The average Bonchev–Trinajstić information content (AvgIpc) is 2.60. The molecule has 6 heteroatoms. The normalized spacial score (nSPS) is 16.7. The number of piperazine rings is 1. The van der Waals surface area contributed by atoms with Crippen LogP contribution >= 0.6 is 11.8 Å². The third-order valence-electron chi connectivity index (χ3n) is 4.47. The van der Waals surface area contributed by atoms with Gasteiger partial charge in [0.25, 0.3) is 0 Å². The van der Waals surface area contributed by atoms with E-state index in [9.17, 15) is 9.59 Å². The van der Waals surface area contributed by atoms with Gasteiger partial charge < -0.3 is 10.2 Å². The number of thioether (sulfide) groups is 1. The first-order chi connectivity index (χ1) is 12.0. The molecule has 0 radical (unpaired) electrons. The number of rotatable bonds is 6. The Bertz CT molecular complexity index is 557. The molecule has 1 aromatic rings. The summed E-state index contributed by atoms with van der Waals surface area (Å²) in [5.74, 6) is 0.599. The first kappa shape index (κ1) is 19.8. The van der Waals surface area contributed by atoms with Gasteiger partial charge in [-0.05, 0) is 25.8 Å². The summed E-state index contributed by atoms with van der Waals surface area (Å²) >= 11 is 1.27. The molecule has 138 valence electrons. The predicted molar refractivity (Wildman–Crippen MR) is 104 cm³/mol. The lowest BCUT2D eigenvalue weighted by Crippen LogP contribution is -2.55. The Hall–Kier alpha value is -1.53. The van der Waals surface area contributed by atoms with Crippen molar-refractivity contribution in [3.8, 4) is 0 Å². The first-order valence-corrected chi connectivity index (χ1v) is 9.91. The van der Waals surface area contributed by atoms with Crippen LogP contribution in [0.1, 0.15) is 26.3 Å². The Kier molecular flexibility index (Phi) is 7.78. The summed E-state index contributed by atoms with van der Waals surface area (Å²) in [7, 11) is 0. The van der Waals surface area contributed by atoms with E-state index >= 15 is 0 Å². The molecule has 2 rings (SSSR count). The Morgan fingerprint density at radius 1 is 1.12 bits per heavy atom.